The predicted octanol–water partition coefficient (Wildman–Crippen LogP) is 4.35. The minimum atomic E-state index is -4.46. The van der Waals surface area contributed by atoms with Gasteiger partial charge in [0.2, 0.25) is 0 Å². The molecular formula is C15H20F3NO. The van der Waals surface area contributed by atoms with Gasteiger partial charge < -0.3 is 5.11 Å². The summed E-state index contributed by atoms with van der Waals surface area (Å²) >= 11 is 0. The zero-order valence-electron chi connectivity index (χ0n) is 11.7. The number of pyridine rings is 1. The van der Waals surface area contributed by atoms with Crippen molar-refractivity contribution < 1.29 is 18.3 Å². The number of hydrogen-bond acceptors (Lipinski definition) is 2. The fraction of sp³-hybridized carbons (Fsp3) is 0.667. The maximum atomic E-state index is 13.0. The molecule has 0 radical (unpaired) electrons. The van der Waals surface area contributed by atoms with Crippen LogP contribution in [-0.2, 0) is 6.18 Å². The van der Waals surface area contributed by atoms with Crippen molar-refractivity contribution in [3.63, 3.8) is 0 Å². The highest BCUT2D eigenvalue weighted by Gasteiger charge is 2.41. The molecule has 1 N–H and O–H groups in total. The van der Waals surface area contributed by atoms with E-state index >= 15 is 0 Å². The van der Waals surface area contributed by atoms with Gasteiger partial charge in [-0.05, 0) is 30.2 Å². The molecule has 1 aromatic heterocycles. The number of aliphatic hydroxyl groups excluding tert-OH is 1. The van der Waals surface area contributed by atoms with Crippen LogP contribution in [-0.4, -0.2) is 10.1 Å². The Bertz CT molecular complexity index is 470. The molecule has 1 fully saturated rings. The summed E-state index contributed by atoms with van der Waals surface area (Å²) in [4.78, 5) is 3.76. The number of nitrogens with zero attached hydrogens (tertiary/aromatic N) is 1. The van der Waals surface area contributed by atoms with Gasteiger partial charge >= 0.3 is 6.18 Å². The molecule has 0 amide bonds. The van der Waals surface area contributed by atoms with Crippen LogP contribution >= 0.6 is 0 Å². The van der Waals surface area contributed by atoms with E-state index in [1.807, 2.05) is 13.8 Å². The summed E-state index contributed by atoms with van der Waals surface area (Å²) in [6.07, 6.45) is 0.385. The molecule has 0 spiro atoms. The van der Waals surface area contributed by atoms with Gasteiger partial charge in [-0.3, -0.25) is 4.98 Å². The van der Waals surface area contributed by atoms with Gasteiger partial charge in [-0.15, -0.1) is 0 Å². The van der Waals surface area contributed by atoms with Crippen LogP contribution in [0.4, 0.5) is 13.2 Å². The van der Waals surface area contributed by atoms with E-state index in [2.05, 4.69) is 4.98 Å². The van der Waals surface area contributed by atoms with Crippen LogP contribution in [0, 0.1) is 11.3 Å². The lowest BCUT2D eigenvalue weighted by Gasteiger charge is -2.41. The minimum absolute atomic E-state index is 0.0972. The Hall–Kier alpha value is -1.10. The molecule has 1 heterocycles. The average Bonchev–Trinajstić information content (AvgIpc) is 2.36. The number of hydrogen-bond donors (Lipinski definition) is 1. The molecule has 0 bridgehead atoms. The van der Waals surface area contributed by atoms with E-state index in [0.717, 1.165) is 44.1 Å². The summed E-state index contributed by atoms with van der Waals surface area (Å²) in [5.74, 6) is -0.165. The first-order valence-corrected chi connectivity index (χ1v) is 6.92. The lowest BCUT2D eigenvalue weighted by Crippen LogP contribution is -2.33. The lowest BCUT2D eigenvalue weighted by atomic mass is 9.65. The highest BCUT2D eigenvalue weighted by atomic mass is 19.4. The fourth-order valence-electron chi connectivity index (χ4n) is 3.22. The van der Waals surface area contributed by atoms with E-state index in [1.165, 1.54) is 0 Å². The van der Waals surface area contributed by atoms with E-state index in [-0.39, 0.29) is 16.9 Å². The molecule has 2 nitrogen and oxygen atoms in total. The van der Waals surface area contributed by atoms with E-state index < -0.39 is 17.8 Å². The fourth-order valence-corrected chi connectivity index (χ4v) is 3.22. The van der Waals surface area contributed by atoms with Gasteiger partial charge in [-0.2, -0.15) is 13.2 Å². The number of halogens is 3. The first-order valence-electron chi connectivity index (χ1n) is 6.92. The summed E-state index contributed by atoms with van der Waals surface area (Å²) in [5.41, 5.74) is -1.03. The van der Waals surface area contributed by atoms with Gasteiger partial charge in [-0.1, -0.05) is 26.7 Å². The number of aromatic nitrogens is 1. The number of aliphatic hydroxyl groups is 1. The van der Waals surface area contributed by atoms with Crippen molar-refractivity contribution in [2.45, 2.75) is 51.8 Å². The Kier molecular flexibility index (Phi) is 4.09. The highest BCUT2D eigenvalue weighted by Crippen LogP contribution is 2.48. The maximum Gasteiger partial charge on any atom is 0.416 e. The molecule has 20 heavy (non-hydrogen) atoms. The monoisotopic (exact) mass is 287 g/mol. The van der Waals surface area contributed by atoms with Gasteiger partial charge in [0.15, 0.2) is 0 Å². The summed E-state index contributed by atoms with van der Waals surface area (Å²) in [6, 6.07) is 0.939. The van der Waals surface area contributed by atoms with Gasteiger partial charge in [0.05, 0.1) is 11.7 Å². The third-order valence-electron chi connectivity index (χ3n) is 4.45. The SMILES string of the molecule is CC1(C)CCCCC1C(O)c1cnccc1C(F)(F)F. The normalized spacial score (nSPS) is 24.4. The second-order valence-electron chi connectivity index (χ2n) is 6.25. The van der Waals surface area contributed by atoms with Gasteiger partial charge in [0.25, 0.3) is 0 Å². The molecule has 1 aliphatic rings. The predicted molar refractivity (Wildman–Crippen MR) is 69.9 cm³/mol. The number of rotatable bonds is 2. The molecule has 0 saturated heterocycles. The topological polar surface area (TPSA) is 33.1 Å². The average molecular weight is 287 g/mol. The Morgan fingerprint density at radius 2 is 2.05 bits per heavy atom. The van der Waals surface area contributed by atoms with Crippen molar-refractivity contribution in [3.05, 3.63) is 29.6 Å². The molecule has 1 aliphatic carbocycles. The standard InChI is InChI=1S/C15H20F3NO/c1-14(2)7-4-3-5-12(14)13(20)10-9-19-8-6-11(10)15(16,17)18/h6,8-9,12-13,20H,3-5,7H2,1-2H3. The molecule has 0 aromatic carbocycles. The van der Waals surface area contributed by atoms with Gasteiger partial charge in [0, 0.05) is 18.0 Å². The van der Waals surface area contributed by atoms with Crippen molar-refractivity contribution >= 4 is 0 Å². The summed E-state index contributed by atoms with van der Waals surface area (Å²) < 4.78 is 39.1. The Morgan fingerprint density at radius 1 is 1.35 bits per heavy atom. The van der Waals surface area contributed by atoms with E-state index in [9.17, 15) is 18.3 Å². The van der Waals surface area contributed by atoms with Crippen molar-refractivity contribution in [3.8, 4) is 0 Å². The second-order valence-corrected chi connectivity index (χ2v) is 6.25. The second kappa shape index (κ2) is 5.35. The van der Waals surface area contributed by atoms with E-state index in [0.29, 0.717) is 0 Å². The van der Waals surface area contributed by atoms with Crippen molar-refractivity contribution in [2.24, 2.45) is 11.3 Å². The first kappa shape index (κ1) is 15.3. The Balaban J connectivity index is 2.36. The Labute approximate surface area is 117 Å². The van der Waals surface area contributed by atoms with Crippen LogP contribution in [0.3, 0.4) is 0 Å². The molecule has 0 aliphatic heterocycles. The minimum Gasteiger partial charge on any atom is -0.388 e. The largest absolute Gasteiger partial charge is 0.416 e. The third kappa shape index (κ3) is 2.97. The molecule has 5 heteroatoms. The van der Waals surface area contributed by atoms with E-state index in [1.54, 1.807) is 0 Å². The van der Waals surface area contributed by atoms with Crippen molar-refractivity contribution in [1.82, 2.24) is 4.98 Å². The molecule has 2 rings (SSSR count). The highest BCUT2D eigenvalue weighted by molar-refractivity contribution is 5.29. The van der Waals surface area contributed by atoms with Gasteiger partial charge in [0.1, 0.15) is 0 Å². The van der Waals surface area contributed by atoms with Crippen molar-refractivity contribution in [1.29, 1.82) is 0 Å². The zero-order valence-corrected chi connectivity index (χ0v) is 11.7. The van der Waals surface area contributed by atoms with E-state index in [4.69, 9.17) is 0 Å². The number of alkyl halides is 3. The zero-order chi connectivity index (χ0) is 15.0. The summed E-state index contributed by atoms with van der Waals surface area (Å²) in [7, 11) is 0. The third-order valence-corrected chi connectivity index (χ3v) is 4.45. The molecule has 112 valence electrons. The van der Waals surface area contributed by atoms with Crippen LogP contribution in [0.15, 0.2) is 18.5 Å². The molecule has 1 aromatic rings. The van der Waals surface area contributed by atoms with Crippen LogP contribution in [0.1, 0.15) is 56.8 Å². The van der Waals surface area contributed by atoms with Gasteiger partial charge in [-0.25, -0.2) is 0 Å². The maximum absolute atomic E-state index is 13.0. The molecule has 2 unspecified atom stereocenters. The molecule has 1 saturated carbocycles. The molecule has 2 atom stereocenters. The van der Waals surface area contributed by atoms with Crippen LogP contribution < -0.4 is 0 Å². The first-order chi connectivity index (χ1) is 9.23. The smallest absolute Gasteiger partial charge is 0.388 e. The Morgan fingerprint density at radius 3 is 2.65 bits per heavy atom. The summed E-state index contributed by atoms with van der Waals surface area (Å²) in [6.45, 7) is 4.04. The molecular weight excluding hydrogens is 267 g/mol. The van der Waals surface area contributed by atoms with Crippen LogP contribution in [0.25, 0.3) is 0 Å². The van der Waals surface area contributed by atoms with Crippen LogP contribution in [0.2, 0.25) is 0 Å². The quantitative estimate of drug-likeness (QED) is 0.877. The van der Waals surface area contributed by atoms with Crippen molar-refractivity contribution in [2.75, 3.05) is 0 Å². The van der Waals surface area contributed by atoms with Crippen LogP contribution in [0.5, 0.6) is 0 Å². The summed E-state index contributed by atoms with van der Waals surface area (Å²) in [5, 5.41) is 10.5. The lowest BCUT2D eigenvalue weighted by molar-refractivity contribution is -0.140.